The Hall–Kier alpha value is -2.82. The second-order valence-corrected chi connectivity index (χ2v) is 7.39. The van der Waals surface area contributed by atoms with Crippen molar-refractivity contribution < 1.29 is 24.9 Å². The van der Waals surface area contributed by atoms with E-state index in [0.717, 1.165) is 5.56 Å². The number of benzene rings is 2. The third kappa shape index (κ3) is 4.42. The van der Waals surface area contributed by atoms with E-state index in [-0.39, 0.29) is 35.4 Å². The number of ketones is 1. The number of carbonyl (C=O) groups is 2. The second-order valence-electron chi connectivity index (χ2n) is 7.39. The van der Waals surface area contributed by atoms with E-state index >= 15 is 0 Å². The summed E-state index contributed by atoms with van der Waals surface area (Å²) in [6.45, 7) is 6.26. The summed E-state index contributed by atoms with van der Waals surface area (Å²) in [7, 11) is 0. The van der Waals surface area contributed by atoms with E-state index in [1.165, 1.54) is 18.2 Å². The van der Waals surface area contributed by atoms with Gasteiger partial charge in [-0.25, -0.2) is 0 Å². The molecule has 1 atom stereocenters. The van der Waals surface area contributed by atoms with Crippen LogP contribution >= 0.6 is 0 Å². The van der Waals surface area contributed by atoms with Gasteiger partial charge in [0.25, 0.3) is 0 Å². The Kier molecular flexibility index (Phi) is 5.70. The van der Waals surface area contributed by atoms with Crippen LogP contribution in [0, 0.1) is 0 Å². The Morgan fingerprint density at radius 3 is 2.15 bits per heavy atom. The third-order valence-corrected chi connectivity index (χ3v) is 4.45. The number of rotatable bonds is 6. The van der Waals surface area contributed by atoms with E-state index in [1.807, 2.05) is 12.1 Å². The lowest BCUT2D eigenvalue weighted by molar-refractivity contribution is -0.139. The van der Waals surface area contributed by atoms with Crippen LogP contribution in [0.3, 0.4) is 0 Å². The molecule has 0 saturated carbocycles. The van der Waals surface area contributed by atoms with Gasteiger partial charge in [-0.05, 0) is 23.5 Å². The van der Waals surface area contributed by atoms with Gasteiger partial charge in [0.1, 0.15) is 0 Å². The highest BCUT2D eigenvalue weighted by atomic mass is 16.4. The first-order chi connectivity index (χ1) is 12.1. The SMILES string of the molecule is CC(C)(C)c1ccc(C(=O)CCC(C(=O)O)c2cccc(O)c2O)cc1. The van der Waals surface area contributed by atoms with Gasteiger partial charge < -0.3 is 15.3 Å². The summed E-state index contributed by atoms with van der Waals surface area (Å²) < 4.78 is 0. The van der Waals surface area contributed by atoms with E-state index < -0.39 is 17.6 Å². The third-order valence-electron chi connectivity index (χ3n) is 4.45. The highest BCUT2D eigenvalue weighted by Gasteiger charge is 2.25. The lowest BCUT2D eigenvalue weighted by atomic mass is 9.86. The van der Waals surface area contributed by atoms with Crippen LogP contribution < -0.4 is 0 Å². The highest BCUT2D eigenvalue weighted by molar-refractivity contribution is 5.96. The van der Waals surface area contributed by atoms with Gasteiger partial charge in [0, 0.05) is 17.5 Å². The first-order valence-electron chi connectivity index (χ1n) is 8.48. The lowest BCUT2D eigenvalue weighted by Crippen LogP contribution is -2.14. The van der Waals surface area contributed by atoms with Gasteiger partial charge in [-0.3, -0.25) is 9.59 Å². The summed E-state index contributed by atoms with van der Waals surface area (Å²) in [6.07, 6.45) is 0.0626. The molecule has 2 rings (SSSR count). The number of hydrogen-bond acceptors (Lipinski definition) is 4. The largest absolute Gasteiger partial charge is 0.504 e. The predicted molar refractivity (Wildman–Crippen MR) is 98.9 cm³/mol. The Bertz CT molecular complexity index is 800. The Morgan fingerprint density at radius 1 is 1.00 bits per heavy atom. The summed E-state index contributed by atoms with van der Waals surface area (Å²) >= 11 is 0. The molecule has 0 aliphatic heterocycles. The maximum Gasteiger partial charge on any atom is 0.311 e. The number of para-hydroxylation sites is 1. The second kappa shape index (κ2) is 7.60. The maximum atomic E-state index is 12.4. The van der Waals surface area contributed by atoms with Crippen molar-refractivity contribution >= 4 is 11.8 Å². The number of phenolic OH excluding ortho intramolecular Hbond substituents is 2. The zero-order valence-corrected chi connectivity index (χ0v) is 15.2. The Morgan fingerprint density at radius 2 is 1.62 bits per heavy atom. The van der Waals surface area contributed by atoms with Crippen LogP contribution in [0.5, 0.6) is 11.5 Å². The van der Waals surface area contributed by atoms with E-state index in [0.29, 0.717) is 5.56 Å². The molecule has 0 saturated heterocycles. The van der Waals surface area contributed by atoms with Gasteiger partial charge in [-0.1, -0.05) is 57.2 Å². The van der Waals surface area contributed by atoms with Crippen LogP contribution in [-0.4, -0.2) is 27.1 Å². The molecule has 0 heterocycles. The molecular formula is C21H24O5. The first-order valence-corrected chi connectivity index (χ1v) is 8.48. The number of hydrogen-bond donors (Lipinski definition) is 3. The van der Waals surface area contributed by atoms with Gasteiger partial charge in [0.15, 0.2) is 17.3 Å². The topological polar surface area (TPSA) is 94.8 Å². The fourth-order valence-corrected chi connectivity index (χ4v) is 2.82. The maximum absolute atomic E-state index is 12.4. The van der Waals surface area contributed by atoms with Crippen LogP contribution in [0.1, 0.15) is 61.0 Å². The fraction of sp³-hybridized carbons (Fsp3) is 0.333. The standard InChI is InChI=1S/C21H24O5/c1-21(2,3)14-9-7-13(8-10-14)17(22)12-11-16(20(25)26)15-5-4-6-18(23)19(15)24/h4-10,16,23-24H,11-12H2,1-3H3,(H,25,26). The highest BCUT2D eigenvalue weighted by Crippen LogP contribution is 2.36. The molecular weight excluding hydrogens is 332 g/mol. The molecule has 26 heavy (non-hydrogen) atoms. The Balaban J connectivity index is 2.13. The van der Waals surface area contributed by atoms with Crippen LogP contribution in [-0.2, 0) is 10.2 Å². The number of Topliss-reactive ketones (excluding diaryl/α,β-unsaturated/α-hetero) is 1. The summed E-state index contributed by atoms with van der Waals surface area (Å²) in [4.78, 5) is 24.0. The molecule has 0 radical (unpaired) electrons. The monoisotopic (exact) mass is 356 g/mol. The average molecular weight is 356 g/mol. The fourth-order valence-electron chi connectivity index (χ4n) is 2.82. The van der Waals surface area contributed by atoms with Crippen molar-refractivity contribution in [3.8, 4) is 11.5 Å². The molecule has 0 aliphatic carbocycles. The number of phenols is 2. The normalized spacial score (nSPS) is 12.6. The molecule has 2 aromatic rings. The van der Waals surface area contributed by atoms with Gasteiger partial charge in [0.2, 0.25) is 0 Å². The molecule has 2 aromatic carbocycles. The van der Waals surface area contributed by atoms with Gasteiger partial charge >= 0.3 is 5.97 Å². The number of aliphatic carboxylic acids is 1. The number of carboxylic acids is 1. The van der Waals surface area contributed by atoms with Gasteiger partial charge in [-0.15, -0.1) is 0 Å². The van der Waals surface area contributed by atoms with E-state index in [2.05, 4.69) is 20.8 Å². The molecule has 1 unspecified atom stereocenters. The van der Waals surface area contributed by atoms with E-state index in [4.69, 9.17) is 0 Å². The van der Waals surface area contributed by atoms with Gasteiger partial charge in [0.05, 0.1) is 5.92 Å². The minimum atomic E-state index is -1.15. The van der Waals surface area contributed by atoms with Gasteiger partial charge in [-0.2, -0.15) is 0 Å². The molecule has 0 bridgehead atoms. The van der Waals surface area contributed by atoms with Crippen molar-refractivity contribution in [1.29, 1.82) is 0 Å². The van der Waals surface area contributed by atoms with Crippen LogP contribution in [0.4, 0.5) is 0 Å². The first kappa shape index (κ1) is 19.5. The molecule has 3 N–H and O–H groups in total. The zero-order valence-electron chi connectivity index (χ0n) is 15.2. The van der Waals surface area contributed by atoms with E-state index in [1.54, 1.807) is 12.1 Å². The van der Waals surface area contributed by atoms with Crippen molar-refractivity contribution in [3.05, 3.63) is 59.2 Å². The van der Waals surface area contributed by atoms with Crippen molar-refractivity contribution in [2.24, 2.45) is 0 Å². The smallest absolute Gasteiger partial charge is 0.311 e. The molecule has 0 aromatic heterocycles. The minimum absolute atomic E-state index is 0.0111. The minimum Gasteiger partial charge on any atom is -0.504 e. The predicted octanol–water partition coefficient (Wildman–Crippen LogP) is 4.23. The van der Waals surface area contributed by atoms with Crippen LogP contribution in [0.15, 0.2) is 42.5 Å². The lowest BCUT2D eigenvalue weighted by Gasteiger charge is -2.19. The summed E-state index contributed by atoms with van der Waals surface area (Å²) in [5, 5.41) is 28.9. The molecule has 0 amide bonds. The number of aromatic hydroxyl groups is 2. The van der Waals surface area contributed by atoms with E-state index in [9.17, 15) is 24.9 Å². The molecule has 0 fully saturated rings. The Labute approximate surface area is 152 Å². The number of carbonyl (C=O) groups excluding carboxylic acids is 1. The van der Waals surface area contributed by atoms with Crippen molar-refractivity contribution in [3.63, 3.8) is 0 Å². The quantitative estimate of drug-likeness (QED) is 0.532. The molecule has 0 spiro atoms. The zero-order chi connectivity index (χ0) is 19.5. The van der Waals surface area contributed by atoms with Crippen LogP contribution in [0.2, 0.25) is 0 Å². The average Bonchev–Trinajstić information content (AvgIpc) is 2.57. The number of carboxylic acid groups (broad SMARTS) is 1. The van der Waals surface area contributed by atoms with Crippen molar-refractivity contribution in [2.75, 3.05) is 0 Å². The molecule has 0 aliphatic rings. The molecule has 138 valence electrons. The van der Waals surface area contributed by atoms with Crippen LogP contribution in [0.25, 0.3) is 0 Å². The molecule has 5 nitrogen and oxygen atoms in total. The summed E-state index contributed by atoms with van der Waals surface area (Å²) in [6, 6.07) is 11.5. The molecule has 5 heteroatoms. The van der Waals surface area contributed by atoms with Crippen molar-refractivity contribution in [2.45, 2.75) is 44.9 Å². The summed E-state index contributed by atoms with van der Waals surface area (Å²) in [5.41, 5.74) is 1.74. The summed E-state index contributed by atoms with van der Waals surface area (Å²) in [5.74, 6) is -3.21. The van der Waals surface area contributed by atoms with Crippen molar-refractivity contribution in [1.82, 2.24) is 0 Å².